The number of unbranched alkanes of at least 4 members (excludes halogenated alkanes) is 24. The van der Waals surface area contributed by atoms with Crippen LogP contribution < -0.4 is 0 Å². The molecule has 44 heavy (non-hydrogen) atoms. The normalized spacial score (nSPS) is 14.3. The summed E-state index contributed by atoms with van der Waals surface area (Å²) in [6, 6.07) is 0. The Morgan fingerprint density at radius 3 is 1.30 bits per heavy atom. The van der Waals surface area contributed by atoms with Gasteiger partial charge >= 0.3 is 0 Å². The van der Waals surface area contributed by atoms with Crippen molar-refractivity contribution in [2.75, 3.05) is 33.8 Å². The maximum absolute atomic E-state index is 14.0. The number of carbonyl (C=O) groups excluding carboxylic acids is 1. The highest BCUT2D eigenvalue weighted by molar-refractivity contribution is 7.80. The van der Waals surface area contributed by atoms with E-state index in [1.807, 2.05) is 21.1 Å². The van der Waals surface area contributed by atoms with Crippen LogP contribution >= 0.6 is 7.14 Å². The summed E-state index contributed by atoms with van der Waals surface area (Å²) in [7, 11) is 2.70. The van der Waals surface area contributed by atoms with E-state index in [0.717, 1.165) is 38.5 Å². The molecule has 0 aromatic heterocycles. The van der Waals surface area contributed by atoms with Crippen LogP contribution in [0.5, 0.6) is 0 Å². The first-order valence-electron chi connectivity index (χ1n) is 19.4. The van der Waals surface area contributed by atoms with Gasteiger partial charge in [0.1, 0.15) is 6.54 Å². The van der Waals surface area contributed by atoms with Crippen molar-refractivity contribution in [2.24, 2.45) is 0 Å². The lowest BCUT2D eigenvalue weighted by atomic mass is 10.0. The Balaban J connectivity index is 4.17. The van der Waals surface area contributed by atoms with Gasteiger partial charge in [-0.15, -0.1) is 0 Å². The molecular weight excluding hydrogens is 561 g/mol. The molecule has 0 radical (unpaired) electrons. The molecule has 1 N–H and O–H groups in total. The Kier molecular flexibility index (Phi) is 29.6. The minimum Gasteiger partial charge on any atom is -0.379 e. The molecule has 0 aliphatic carbocycles. The zero-order chi connectivity index (χ0) is 32.8. The molecule has 0 spiro atoms. The predicted octanol–water partition coefficient (Wildman–Crippen LogP) is 12.4. The Morgan fingerprint density at radius 2 is 0.909 bits per heavy atom. The van der Waals surface area contributed by atoms with Crippen LogP contribution in [0.25, 0.3) is 0 Å². The smallest absolute Gasteiger partial charge is 0.194 e. The van der Waals surface area contributed by atoms with Crippen molar-refractivity contribution < 1.29 is 18.9 Å². The lowest BCUT2D eigenvalue weighted by Gasteiger charge is -2.30. The molecule has 4 nitrogen and oxygen atoms in total. The molecule has 0 fully saturated rings. The van der Waals surface area contributed by atoms with Crippen LogP contribution in [0.1, 0.15) is 194 Å². The standard InChI is InChI=1S/C39H79NO3P/c1-6-8-10-12-14-16-18-20-21-22-24-26-28-30-32-34-36-44(43,39(42)37-40(3,4)5)38(41)35-33-31-29-27-25-23-19-17-15-13-11-9-7-2/h20-21,39,42H,6-19,22-37H2,1-5H3/q+1/b21-20-. The topological polar surface area (TPSA) is 54.4 Å². The first-order valence-corrected chi connectivity index (χ1v) is 21.4. The molecule has 0 saturated carbocycles. The molecule has 262 valence electrons. The second kappa shape index (κ2) is 29.9. The van der Waals surface area contributed by atoms with Crippen LogP contribution in [-0.4, -0.2) is 54.8 Å². The van der Waals surface area contributed by atoms with E-state index in [2.05, 4.69) is 26.0 Å². The molecule has 0 amide bonds. The van der Waals surface area contributed by atoms with Crippen LogP contribution in [0.15, 0.2) is 12.2 Å². The third kappa shape index (κ3) is 26.7. The average Bonchev–Trinajstić information content (AvgIpc) is 2.98. The predicted molar refractivity (Wildman–Crippen MR) is 196 cm³/mol. The maximum atomic E-state index is 14.0. The Labute approximate surface area is 276 Å². The number of carbonyl (C=O) groups is 1. The number of quaternary nitrogens is 1. The van der Waals surface area contributed by atoms with E-state index in [0.29, 0.717) is 23.6 Å². The number of hydrogen-bond donors (Lipinski definition) is 1. The van der Waals surface area contributed by atoms with Gasteiger partial charge < -0.3 is 14.2 Å². The Morgan fingerprint density at radius 1 is 0.568 bits per heavy atom. The van der Waals surface area contributed by atoms with Gasteiger partial charge in [0.2, 0.25) is 0 Å². The monoisotopic (exact) mass is 641 g/mol. The molecule has 2 atom stereocenters. The van der Waals surface area contributed by atoms with Crippen molar-refractivity contribution in [2.45, 2.75) is 199 Å². The second-order valence-electron chi connectivity index (χ2n) is 14.8. The highest BCUT2D eigenvalue weighted by Crippen LogP contribution is 2.53. The van der Waals surface area contributed by atoms with E-state index in [1.165, 1.54) is 135 Å². The molecule has 0 aliphatic rings. The number of aliphatic hydroxyl groups excluding tert-OH is 1. The van der Waals surface area contributed by atoms with Crippen molar-refractivity contribution in [3.8, 4) is 0 Å². The van der Waals surface area contributed by atoms with Crippen molar-refractivity contribution >= 4 is 12.7 Å². The molecule has 5 heteroatoms. The van der Waals surface area contributed by atoms with Crippen LogP contribution in [0.2, 0.25) is 0 Å². The fraction of sp³-hybridized carbons (Fsp3) is 0.923. The average molecular weight is 641 g/mol. The van der Waals surface area contributed by atoms with E-state index >= 15 is 0 Å². The molecule has 0 saturated heterocycles. The lowest BCUT2D eigenvalue weighted by Crippen LogP contribution is -2.42. The van der Waals surface area contributed by atoms with Gasteiger partial charge in [-0.05, 0) is 38.5 Å². The van der Waals surface area contributed by atoms with E-state index in [9.17, 15) is 14.5 Å². The number of nitrogens with zero attached hydrogens (tertiary/aromatic N) is 1. The zero-order valence-corrected chi connectivity index (χ0v) is 31.5. The molecule has 0 heterocycles. The van der Waals surface area contributed by atoms with E-state index in [1.54, 1.807) is 0 Å². The molecular formula is C39H79NO3P+. The highest BCUT2D eigenvalue weighted by Gasteiger charge is 2.40. The van der Waals surface area contributed by atoms with E-state index < -0.39 is 13.0 Å². The van der Waals surface area contributed by atoms with Crippen molar-refractivity contribution in [3.63, 3.8) is 0 Å². The van der Waals surface area contributed by atoms with Gasteiger partial charge in [-0.1, -0.05) is 161 Å². The summed E-state index contributed by atoms with van der Waals surface area (Å²) in [6.07, 6.45) is 39.1. The minimum absolute atomic E-state index is 0.144. The summed E-state index contributed by atoms with van der Waals surface area (Å²) >= 11 is 0. The van der Waals surface area contributed by atoms with Crippen LogP contribution in [0.3, 0.4) is 0 Å². The van der Waals surface area contributed by atoms with Gasteiger partial charge in [-0.2, -0.15) is 0 Å². The molecule has 0 rings (SSSR count). The number of aliphatic hydroxyl groups is 1. The SMILES string of the molecule is CCCCCCCC/C=C\CCCCCCCCP(=O)(C(=O)CCCCCCCCCCCCCCC)C(O)C[N+](C)(C)C. The first kappa shape index (κ1) is 43.6. The number of hydrogen-bond acceptors (Lipinski definition) is 3. The summed E-state index contributed by atoms with van der Waals surface area (Å²) in [5, 5.41) is 11.0. The molecule has 0 bridgehead atoms. The van der Waals surface area contributed by atoms with Crippen molar-refractivity contribution in [3.05, 3.63) is 12.2 Å². The molecule has 2 unspecified atom stereocenters. The number of allylic oxidation sites excluding steroid dienone is 2. The number of likely N-dealkylation sites (N-methyl/N-ethyl adjacent to an activating group) is 1. The highest BCUT2D eigenvalue weighted by atomic mass is 31.2. The third-order valence-corrected chi connectivity index (χ3v) is 12.3. The first-order chi connectivity index (χ1) is 21.2. The zero-order valence-electron chi connectivity index (χ0n) is 30.6. The lowest BCUT2D eigenvalue weighted by molar-refractivity contribution is -0.872. The summed E-state index contributed by atoms with van der Waals surface area (Å²) in [4.78, 5) is 13.2. The van der Waals surface area contributed by atoms with Crippen molar-refractivity contribution in [1.82, 2.24) is 0 Å². The maximum Gasteiger partial charge on any atom is 0.194 e. The van der Waals surface area contributed by atoms with Crippen molar-refractivity contribution in [1.29, 1.82) is 0 Å². The number of rotatable bonds is 34. The van der Waals surface area contributed by atoms with Gasteiger partial charge in [-0.25, -0.2) is 0 Å². The van der Waals surface area contributed by atoms with E-state index in [-0.39, 0.29) is 5.52 Å². The summed E-state index contributed by atoms with van der Waals surface area (Å²) < 4.78 is 14.5. The Bertz CT molecular complexity index is 715. The molecule has 0 aliphatic heterocycles. The van der Waals surface area contributed by atoms with Gasteiger partial charge in [0.25, 0.3) is 0 Å². The third-order valence-electron chi connectivity index (χ3n) is 9.11. The summed E-state index contributed by atoms with van der Waals surface area (Å²) in [5.74, 6) is -1.01. The van der Waals surface area contributed by atoms with Gasteiger partial charge in [-0.3, -0.25) is 4.79 Å². The van der Waals surface area contributed by atoms with Gasteiger partial charge in [0.15, 0.2) is 18.5 Å². The summed E-state index contributed by atoms with van der Waals surface area (Å²) in [6.45, 7) is 4.91. The van der Waals surface area contributed by atoms with Crippen LogP contribution in [-0.2, 0) is 9.36 Å². The largest absolute Gasteiger partial charge is 0.379 e. The Hall–Kier alpha value is -0.440. The minimum atomic E-state index is -3.28. The van der Waals surface area contributed by atoms with Gasteiger partial charge in [0, 0.05) is 12.6 Å². The quantitative estimate of drug-likeness (QED) is 0.0329. The molecule has 0 aromatic carbocycles. The molecule has 0 aromatic rings. The fourth-order valence-electron chi connectivity index (χ4n) is 6.14. The van der Waals surface area contributed by atoms with Gasteiger partial charge in [0.05, 0.1) is 21.1 Å². The second-order valence-corrected chi connectivity index (χ2v) is 17.9. The summed E-state index contributed by atoms with van der Waals surface area (Å²) in [5.41, 5.74) is -0.144. The van der Waals surface area contributed by atoms with Crippen LogP contribution in [0, 0.1) is 0 Å². The fourth-order valence-corrected chi connectivity index (χ4v) is 9.00. The van der Waals surface area contributed by atoms with E-state index in [4.69, 9.17) is 0 Å². The van der Waals surface area contributed by atoms with Crippen LogP contribution in [0.4, 0.5) is 0 Å².